The van der Waals surface area contributed by atoms with E-state index in [1.165, 1.54) is 11.6 Å². The van der Waals surface area contributed by atoms with Gasteiger partial charge >= 0.3 is 5.69 Å². The van der Waals surface area contributed by atoms with E-state index in [9.17, 15) is 14.4 Å². The number of allylic oxidation sites excluding steroid dienone is 1. The fraction of sp³-hybridized carbons (Fsp3) is 0.174. The molecule has 1 aromatic heterocycles. The number of carbonyl (C=O) groups is 1. The first kappa shape index (κ1) is 17.4. The van der Waals surface area contributed by atoms with E-state index in [0.29, 0.717) is 28.2 Å². The van der Waals surface area contributed by atoms with Gasteiger partial charge in [0.2, 0.25) is 0 Å². The third-order valence-electron chi connectivity index (χ3n) is 5.85. The van der Waals surface area contributed by atoms with Crippen molar-refractivity contribution in [1.29, 1.82) is 0 Å². The lowest BCUT2D eigenvalue weighted by molar-refractivity contribution is 0.103. The fourth-order valence-corrected chi connectivity index (χ4v) is 4.44. The quantitative estimate of drug-likeness (QED) is 0.699. The second-order valence-corrected chi connectivity index (χ2v) is 7.60. The molecule has 0 radical (unpaired) electrons. The van der Waals surface area contributed by atoms with Gasteiger partial charge in [-0.2, -0.15) is 0 Å². The average molecular weight is 385 g/mol. The maximum atomic E-state index is 13.4. The highest BCUT2D eigenvalue weighted by Crippen LogP contribution is 2.47. The highest BCUT2D eigenvalue weighted by Gasteiger charge is 2.42. The second-order valence-electron chi connectivity index (χ2n) is 7.60. The van der Waals surface area contributed by atoms with Gasteiger partial charge in [0.05, 0.1) is 11.3 Å². The monoisotopic (exact) mass is 385 g/mol. The molecule has 1 aliphatic carbocycles. The van der Waals surface area contributed by atoms with Crippen LogP contribution in [-0.2, 0) is 14.1 Å². The minimum atomic E-state index is -0.549. The van der Waals surface area contributed by atoms with Crippen LogP contribution in [0.2, 0.25) is 0 Å². The number of rotatable bonds is 1. The van der Waals surface area contributed by atoms with Gasteiger partial charge in [-0.05, 0) is 12.5 Å². The smallest absolute Gasteiger partial charge is 0.332 e. The standard InChI is InChI=1S/C23H19N3O3/c1-12-7-6-8-13(11-12)16-17-19(14-9-4-5-10-15(14)20(17)27)24-21-18(16)22(28)26(3)23(29)25(21)2/h4-11,16,24H,1-3H3/t16-/m1/s1. The summed E-state index contributed by atoms with van der Waals surface area (Å²) in [5, 5.41) is 3.25. The zero-order valence-corrected chi connectivity index (χ0v) is 16.3. The number of anilines is 1. The molecule has 29 heavy (non-hydrogen) atoms. The Labute approximate surface area is 166 Å². The number of benzene rings is 2. The largest absolute Gasteiger partial charge is 0.340 e. The highest BCUT2D eigenvalue weighted by atomic mass is 16.2. The molecule has 5 rings (SSSR count). The molecule has 3 aromatic rings. The van der Waals surface area contributed by atoms with Crippen molar-refractivity contribution < 1.29 is 4.79 Å². The molecule has 0 saturated carbocycles. The van der Waals surface area contributed by atoms with Crippen LogP contribution in [0.25, 0.3) is 5.70 Å². The number of fused-ring (bicyclic) bond motifs is 3. The number of nitrogens with one attached hydrogen (secondary N) is 1. The number of ketones is 1. The summed E-state index contributed by atoms with van der Waals surface area (Å²) in [6.45, 7) is 1.98. The zero-order chi connectivity index (χ0) is 20.4. The van der Waals surface area contributed by atoms with Crippen molar-refractivity contribution in [2.45, 2.75) is 12.8 Å². The van der Waals surface area contributed by atoms with E-state index in [2.05, 4.69) is 5.32 Å². The van der Waals surface area contributed by atoms with Crippen molar-refractivity contribution in [3.05, 3.63) is 103 Å². The number of aryl methyl sites for hydroxylation is 1. The van der Waals surface area contributed by atoms with Crippen LogP contribution in [0.3, 0.4) is 0 Å². The van der Waals surface area contributed by atoms with Crippen LogP contribution in [0.15, 0.2) is 63.7 Å². The molecule has 0 amide bonds. The lowest BCUT2D eigenvalue weighted by Gasteiger charge is -2.29. The van der Waals surface area contributed by atoms with E-state index in [4.69, 9.17) is 0 Å². The first-order valence-electron chi connectivity index (χ1n) is 9.42. The number of nitrogens with zero attached hydrogens (tertiary/aromatic N) is 2. The van der Waals surface area contributed by atoms with Crippen LogP contribution in [0, 0.1) is 6.92 Å². The average Bonchev–Trinajstić information content (AvgIpc) is 3.01. The van der Waals surface area contributed by atoms with Crippen LogP contribution in [0.1, 0.15) is 38.5 Å². The van der Waals surface area contributed by atoms with Gasteiger partial charge in [-0.1, -0.05) is 54.1 Å². The van der Waals surface area contributed by atoms with Crippen molar-refractivity contribution >= 4 is 17.3 Å². The summed E-state index contributed by atoms with van der Waals surface area (Å²) < 4.78 is 2.54. The van der Waals surface area contributed by atoms with Crippen molar-refractivity contribution in [2.75, 3.05) is 5.32 Å². The number of hydrogen-bond acceptors (Lipinski definition) is 4. The van der Waals surface area contributed by atoms with Crippen LogP contribution < -0.4 is 16.6 Å². The Bertz CT molecular complexity index is 1370. The molecule has 0 saturated heterocycles. The Hall–Kier alpha value is -3.67. The van der Waals surface area contributed by atoms with Crippen molar-refractivity contribution in [2.24, 2.45) is 14.1 Å². The van der Waals surface area contributed by atoms with Crippen molar-refractivity contribution in [3.63, 3.8) is 0 Å². The molecular formula is C23H19N3O3. The summed E-state index contributed by atoms with van der Waals surface area (Å²) in [6, 6.07) is 15.2. The SMILES string of the molecule is Cc1cccc([C@@H]2C3=C(Nc4c2c(=O)n(C)c(=O)n4C)c2ccccc2C3=O)c1. The Morgan fingerprint density at radius 3 is 2.34 bits per heavy atom. The molecule has 0 unspecified atom stereocenters. The molecule has 1 aliphatic heterocycles. The summed E-state index contributed by atoms with van der Waals surface area (Å²) in [4.78, 5) is 39.1. The Morgan fingerprint density at radius 1 is 0.897 bits per heavy atom. The van der Waals surface area contributed by atoms with E-state index in [-0.39, 0.29) is 5.78 Å². The molecule has 1 N–H and O–H groups in total. The number of aromatic nitrogens is 2. The molecule has 2 aromatic carbocycles. The van der Waals surface area contributed by atoms with Crippen LogP contribution in [0.5, 0.6) is 0 Å². The van der Waals surface area contributed by atoms with Gasteiger partial charge in [0.1, 0.15) is 5.82 Å². The third-order valence-corrected chi connectivity index (χ3v) is 5.85. The summed E-state index contributed by atoms with van der Waals surface area (Å²) in [6.07, 6.45) is 0. The van der Waals surface area contributed by atoms with Gasteiger partial charge in [-0.3, -0.25) is 18.7 Å². The van der Waals surface area contributed by atoms with Gasteiger partial charge in [0, 0.05) is 36.7 Å². The molecule has 144 valence electrons. The first-order chi connectivity index (χ1) is 13.9. The molecule has 6 heteroatoms. The summed E-state index contributed by atoms with van der Waals surface area (Å²) in [5.41, 5.74) is 4.14. The molecule has 0 bridgehead atoms. The topological polar surface area (TPSA) is 73.1 Å². The molecule has 1 atom stereocenters. The number of hydrogen-bond donors (Lipinski definition) is 1. The molecule has 0 fully saturated rings. The van der Waals surface area contributed by atoms with Gasteiger partial charge < -0.3 is 5.32 Å². The Balaban J connectivity index is 1.90. The second kappa shape index (κ2) is 5.91. The number of carbonyl (C=O) groups excluding carboxylic acids is 1. The Kier molecular flexibility index (Phi) is 3.55. The van der Waals surface area contributed by atoms with Gasteiger partial charge in [-0.25, -0.2) is 4.79 Å². The highest BCUT2D eigenvalue weighted by molar-refractivity contribution is 6.23. The predicted molar refractivity (Wildman–Crippen MR) is 111 cm³/mol. The lowest BCUT2D eigenvalue weighted by Crippen LogP contribution is -2.42. The van der Waals surface area contributed by atoms with E-state index >= 15 is 0 Å². The van der Waals surface area contributed by atoms with Gasteiger partial charge in [-0.15, -0.1) is 0 Å². The maximum Gasteiger partial charge on any atom is 0.332 e. The normalized spacial score (nSPS) is 16.9. The molecule has 6 nitrogen and oxygen atoms in total. The Morgan fingerprint density at radius 2 is 1.62 bits per heavy atom. The molecule has 2 heterocycles. The predicted octanol–water partition coefficient (Wildman–Crippen LogP) is 2.56. The van der Waals surface area contributed by atoms with E-state index < -0.39 is 17.2 Å². The fourth-order valence-electron chi connectivity index (χ4n) is 4.44. The van der Waals surface area contributed by atoms with Gasteiger partial charge in [0.25, 0.3) is 5.56 Å². The number of Topliss-reactive ketones (excluding diaryl/α,β-unsaturated/α-hetero) is 1. The maximum absolute atomic E-state index is 13.4. The van der Waals surface area contributed by atoms with Crippen LogP contribution >= 0.6 is 0 Å². The summed E-state index contributed by atoms with van der Waals surface area (Å²) in [7, 11) is 3.10. The molecule has 2 aliphatic rings. The van der Waals surface area contributed by atoms with Crippen LogP contribution in [0.4, 0.5) is 5.82 Å². The van der Waals surface area contributed by atoms with Gasteiger partial charge in [0.15, 0.2) is 5.78 Å². The van der Waals surface area contributed by atoms with Crippen molar-refractivity contribution in [3.8, 4) is 0 Å². The minimum Gasteiger partial charge on any atom is -0.340 e. The van der Waals surface area contributed by atoms with E-state index in [0.717, 1.165) is 21.3 Å². The molecule has 0 spiro atoms. The summed E-state index contributed by atoms with van der Waals surface area (Å²) >= 11 is 0. The zero-order valence-electron chi connectivity index (χ0n) is 16.3. The lowest BCUT2D eigenvalue weighted by atomic mass is 9.81. The minimum absolute atomic E-state index is 0.0869. The van der Waals surface area contributed by atoms with Crippen LogP contribution in [-0.4, -0.2) is 14.9 Å². The van der Waals surface area contributed by atoms with Crippen molar-refractivity contribution in [1.82, 2.24) is 9.13 Å². The summed E-state index contributed by atoms with van der Waals surface area (Å²) in [5.74, 6) is -0.199. The van der Waals surface area contributed by atoms with E-state index in [1.807, 2.05) is 49.4 Å². The van der Waals surface area contributed by atoms with E-state index in [1.54, 1.807) is 13.1 Å². The molecular weight excluding hydrogens is 366 g/mol. The third kappa shape index (κ3) is 2.26. The first-order valence-corrected chi connectivity index (χ1v) is 9.42.